The molecule has 64 valence electrons. The number of nitrogens with one attached hydrogen (secondary N) is 1. The Labute approximate surface area is 80.7 Å². The number of benzene rings is 1. The summed E-state index contributed by atoms with van der Waals surface area (Å²) in [6.45, 7) is 0. The van der Waals surface area contributed by atoms with Gasteiger partial charge in [0.15, 0.2) is 5.11 Å². The average molecular weight is 202 g/mol. The average Bonchev–Trinajstić information content (AvgIpc) is 1.96. The van der Waals surface area contributed by atoms with E-state index in [9.17, 15) is 0 Å². The summed E-state index contributed by atoms with van der Waals surface area (Å²) in [4.78, 5) is 0. The van der Waals surface area contributed by atoms with Crippen molar-refractivity contribution in [1.82, 2.24) is 0 Å². The van der Waals surface area contributed by atoms with Crippen LogP contribution in [0.25, 0.3) is 0 Å². The summed E-state index contributed by atoms with van der Waals surface area (Å²) >= 11 is 10.4. The van der Waals surface area contributed by atoms with Crippen LogP contribution in [0.4, 0.5) is 11.4 Å². The Hall–Kier alpha value is -1.00. The first-order valence-electron chi connectivity index (χ1n) is 3.21. The van der Waals surface area contributed by atoms with Gasteiger partial charge in [0.1, 0.15) is 0 Å². The number of halogens is 1. The molecule has 5 N–H and O–H groups in total. The third kappa shape index (κ3) is 2.25. The summed E-state index contributed by atoms with van der Waals surface area (Å²) in [6, 6.07) is 5.10. The highest BCUT2D eigenvalue weighted by Crippen LogP contribution is 2.22. The summed E-state index contributed by atoms with van der Waals surface area (Å²) in [7, 11) is 0. The zero-order valence-electron chi connectivity index (χ0n) is 6.17. The maximum Gasteiger partial charge on any atom is 0.168 e. The molecule has 1 aromatic rings. The van der Waals surface area contributed by atoms with Crippen LogP contribution in [0.2, 0.25) is 5.02 Å². The van der Waals surface area contributed by atoms with Gasteiger partial charge in [0.2, 0.25) is 0 Å². The SMILES string of the molecule is NC(=S)Nc1ccc(N)c(Cl)c1. The van der Waals surface area contributed by atoms with Crippen LogP contribution >= 0.6 is 23.8 Å². The van der Waals surface area contributed by atoms with Gasteiger partial charge in [0.05, 0.1) is 10.7 Å². The van der Waals surface area contributed by atoms with E-state index in [-0.39, 0.29) is 5.11 Å². The lowest BCUT2D eigenvalue weighted by atomic mass is 10.3. The van der Waals surface area contributed by atoms with E-state index >= 15 is 0 Å². The molecule has 0 heterocycles. The van der Waals surface area contributed by atoms with Crippen LogP contribution in [0.3, 0.4) is 0 Å². The molecule has 0 aromatic heterocycles. The van der Waals surface area contributed by atoms with Gasteiger partial charge in [0.25, 0.3) is 0 Å². The molecule has 0 aliphatic carbocycles. The maximum atomic E-state index is 5.75. The normalized spacial score (nSPS) is 9.42. The van der Waals surface area contributed by atoms with Gasteiger partial charge in [-0.2, -0.15) is 0 Å². The highest BCUT2D eigenvalue weighted by molar-refractivity contribution is 7.80. The molecule has 0 atom stereocenters. The van der Waals surface area contributed by atoms with Crippen molar-refractivity contribution in [3.8, 4) is 0 Å². The third-order valence-electron chi connectivity index (χ3n) is 1.27. The molecule has 0 fully saturated rings. The van der Waals surface area contributed by atoms with Crippen molar-refractivity contribution in [2.75, 3.05) is 11.1 Å². The third-order valence-corrected chi connectivity index (χ3v) is 1.70. The fourth-order valence-electron chi connectivity index (χ4n) is 0.747. The van der Waals surface area contributed by atoms with Crippen molar-refractivity contribution < 1.29 is 0 Å². The number of thiocarbonyl (C=S) groups is 1. The van der Waals surface area contributed by atoms with E-state index in [0.29, 0.717) is 10.7 Å². The predicted octanol–water partition coefficient (Wildman–Crippen LogP) is 1.58. The number of hydrogen-bond acceptors (Lipinski definition) is 2. The highest BCUT2D eigenvalue weighted by atomic mass is 35.5. The van der Waals surface area contributed by atoms with E-state index in [2.05, 4.69) is 17.5 Å². The van der Waals surface area contributed by atoms with Crippen molar-refractivity contribution in [2.45, 2.75) is 0 Å². The van der Waals surface area contributed by atoms with E-state index in [0.717, 1.165) is 5.69 Å². The van der Waals surface area contributed by atoms with Crippen LogP contribution in [0, 0.1) is 0 Å². The molecule has 0 aliphatic rings. The molecular weight excluding hydrogens is 194 g/mol. The molecule has 0 saturated carbocycles. The molecular formula is C7H8ClN3S. The minimum absolute atomic E-state index is 0.204. The first-order valence-corrected chi connectivity index (χ1v) is 3.99. The van der Waals surface area contributed by atoms with Gasteiger partial charge < -0.3 is 16.8 Å². The predicted molar refractivity (Wildman–Crippen MR) is 56.3 cm³/mol. The second-order valence-corrected chi connectivity index (χ2v) is 3.07. The van der Waals surface area contributed by atoms with Crippen LogP contribution in [-0.4, -0.2) is 5.11 Å². The van der Waals surface area contributed by atoms with Crippen molar-refractivity contribution in [3.63, 3.8) is 0 Å². The molecule has 0 unspecified atom stereocenters. The molecule has 0 spiro atoms. The first-order chi connectivity index (χ1) is 5.59. The standard InChI is InChI=1S/C7H8ClN3S/c8-5-3-4(11-7(10)12)1-2-6(5)9/h1-3H,9H2,(H3,10,11,12). The second kappa shape index (κ2) is 3.60. The molecule has 0 bridgehead atoms. The summed E-state index contributed by atoms with van der Waals surface area (Å²) in [5, 5.41) is 3.43. The Morgan fingerprint density at radius 3 is 2.67 bits per heavy atom. The summed E-state index contributed by atoms with van der Waals surface area (Å²) in [5.74, 6) is 0. The maximum absolute atomic E-state index is 5.75. The molecule has 0 amide bonds. The largest absolute Gasteiger partial charge is 0.398 e. The fraction of sp³-hybridized carbons (Fsp3) is 0. The minimum atomic E-state index is 0.204. The zero-order chi connectivity index (χ0) is 9.14. The van der Waals surface area contributed by atoms with Crippen molar-refractivity contribution >= 4 is 40.3 Å². The van der Waals surface area contributed by atoms with Gasteiger partial charge >= 0.3 is 0 Å². The Bertz CT molecular complexity index is 314. The molecule has 5 heteroatoms. The molecule has 1 aromatic carbocycles. The van der Waals surface area contributed by atoms with Crippen LogP contribution in [-0.2, 0) is 0 Å². The quantitative estimate of drug-likeness (QED) is 0.477. The molecule has 1 rings (SSSR count). The van der Waals surface area contributed by atoms with E-state index in [1.54, 1.807) is 18.2 Å². The lowest BCUT2D eigenvalue weighted by Crippen LogP contribution is -2.18. The van der Waals surface area contributed by atoms with Crippen LogP contribution in [0.1, 0.15) is 0 Å². The molecule has 12 heavy (non-hydrogen) atoms. The van der Waals surface area contributed by atoms with Crippen molar-refractivity contribution in [2.24, 2.45) is 5.73 Å². The Morgan fingerprint density at radius 2 is 2.17 bits per heavy atom. The van der Waals surface area contributed by atoms with E-state index in [1.165, 1.54) is 0 Å². The summed E-state index contributed by atoms with van der Waals surface area (Å²) in [5.41, 5.74) is 12.0. The van der Waals surface area contributed by atoms with Gasteiger partial charge in [-0.25, -0.2) is 0 Å². The molecule has 0 aliphatic heterocycles. The number of nitrogens with two attached hydrogens (primary N) is 2. The van der Waals surface area contributed by atoms with Crippen LogP contribution in [0.5, 0.6) is 0 Å². The highest BCUT2D eigenvalue weighted by Gasteiger charge is 1.97. The zero-order valence-corrected chi connectivity index (χ0v) is 7.75. The molecule has 0 saturated heterocycles. The Morgan fingerprint density at radius 1 is 1.50 bits per heavy atom. The Balaban J connectivity index is 2.89. The fourth-order valence-corrected chi connectivity index (χ4v) is 1.05. The van der Waals surface area contributed by atoms with Gasteiger partial charge in [-0.15, -0.1) is 0 Å². The number of rotatable bonds is 1. The van der Waals surface area contributed by atoms with Gasteiger partial charge in [-0.3, -0.25) is 0 Å². The topological polar surface area (TPSA) is 64.1 Å². The van der Waals surface area contributed by atoms with Gasteiger partial charge in [0, 0.05) is 5.69 Å². The summed E-state index contributed by atoms with van der Waals surface area (Å²) < 4.78 is 0. The monoisotopic (exact) mass is 201 g/mol. The van der Waals surface area contributed by atoms with Crippen LogP contribution in [0.15, 0.2) is 18.2 Å². The minimum Gasteiger partial charge on any atom is -0.398 e. The smallest absolute Gasteiger partial charge is 0.168 e. The summed E-state index contributed by atoms with van der Waals surface area (Å²) in [6.07, 6.45) is 0. The first kappa shape index (κ1) is 9.09. The Kier molecular flexibility index (Phi) is 2.73. The van der Waals surface area contributed by atoms with Crippen LogP contribution < -0.4 is 16.8 Å². The molecule has 0 radical (unpaired) electrons. The number of anilines is 2. The number of hydrogen-bond donors (Lipinski definition) is 3. The van der Waals surface area contributed by atoms with Crippen molar-refractivity contribution in [3.05, 3.63) is 23.2 Å². The van der Waals surface area contributed by atoms with E-state index < -0.39 is 0 Å². The lowest BCUT2D eigenvalue weighted by Gasteiger charge is -2.04. The lowest BCUT2D eigenvalue weighted by molar-refractivity contribution is 1.60. The van der Waals surface area contributed by atoms with E-state index in [4.69, 9.17) is 23.1 Å². The van der Waals surface area contributed by atoms with E-state index in [1.807, 2.05) is 0 Å². The second-order valence-electron chi connectivity index (χ2n) is 2.23. The van der Waals surface area contributed by atoms with Gasteiger partial charge in [-0.1, -0.05) is 11.6 Å². The van der Waals surface area contributed by atoms with Gasteiger partial charge in [-0.05, 0) is 30.4 Å². The number of nitrogen functional groups attached to an aromatic ring is 1. The molecule has 3 nitrogen and oxygen atoms in total. The van der Waals surface area contributed by atoms with Crippen molar-refractivity contribution in [1.29, 1.82) is 0 Å².